The number of carboxylic acids is 1. The molecule has 24 N–H and O–H groups in total. The smallest absolute Gasteiger partial charge is 0.352 e. The fourth-order valence-electron chi connectivity index (χ4n) is 7.35. The number of aliphatic hydroxyl groups excluding tert-OH is 1. The third-order valence-electron chi connectivity index (χ3n) is 11.3. The van der Waals surface area contributed by atoms with E-state index in [1.807, 2.05) is 0 Å². The van der Waals surface area contributed by atoms with E-state index in [1.165, 1.54) is 30.4 Å². The lowest BCUT2D eigenvalue weighted by atomic mass is 10.1. The van der Waals surface area contributed by atoms with E-state index in [0.717, 1.165) is 0 Å². The van der Waals surface area contributed by atoms with Gasteiger partial charge in [0, 0.05) is 37.9 Å². The molecule has 0 saturated carbocycles. The molecule has 0 aliphatic carbocycles. The van der Waals surface area contributed by atoms with Gasteiger partial charge in [0.15, 0.2) is 5.96 Å². The average molecular weight is 1020 g/mol. The Kier molecular flexibility index (Phi) is 28.1. The molecule has 2 rings (SSSR count). The van der Waals surface area contributed by atoms with Crippen LogP contribution in [0.2, 0.25) is 0 Å². The molecule has 72 heavy (non-hydrogen) atoms. The van der Waals surface area contributed by atoms with E-state index in [2.05, 4.69) is 52.5 Å². The molecule has 0 bridgehead atoms. The summed E-state index contributed by atoms with van der Waals surface area (Å²) in [5.74, 6) is -8.14. The minimum absolute atomic E-state index is 0.0477. The van der Waals surface area contributed by atoms with Gasteiger partial charge in [0.2, 0.25) is 47.3 Å². The largest absolute Gasteiger partial charge is 0.477 e. The Morgan fingerprint density at radius 3 is 2.10 bits per heavy atom. The second-order valence-electron chi connectivity index (χ2n) is 17.1. The van der Waals surface area contributed by atoms with Gasteiger partial charge in [-0.15, -0.1) is 0 Å². The number of rotatable bonds is 34. The number of nitrogens with one attached hydrogen (secondary N) is 10. The number of aromatic nitrogens is 2. The Labute approximate surface area is 417 Å². The number of aromatic amines is 1. The van der Waals surface area contributed by atoms with Gasteiger partial charge in [0.25, 0.3) is 0 Å². The molecule has 29 nitrogen and oxygen atoms in total. The number of carbonyl (C=O) groups is 9. The zero-order chi connectivity index (χ0) is 53.8. The van der Waals surface area contributed by atoms with Crippen LogP contribution in [0.15, 0.2) is 24.3 Å². The summed E-state index contributed by atoms with van der Waals surface area (Å²) in [6, 6.07) is -8.80. The molecule has 1 fully saturated rings. The maximum absolute atomic E-state index is 14.1. The number of aliphatic carboxylic acids is 1. The molecule has 8 amide bonds. The summed E-state index contributed by atoms with van der Waals surface area (Å²) in [6.07, 6.45) is 5.60. The van der Waals surface area contributed by atoms with E-state index in [0.29, 0.717) is 44.3 Å². The number of nitrogens with zero attached hydrogens (tertiary/aromatic N) is 2. The molecule has 1 aliphatic rings. The summed E-state index contributed by atoms with van der Waals surface area (Å²) in [7, 11) is 0. The number of guanidine groups is 1. The molecule has 0 radical (unpaired) electrons. The van der Waals surface area contributed by atoms with Crippen molar-refractivity contribution in [1.82, 2.24) is 57.4 Å². The lowest BCUT2D eigenvalue weighted by Crippen LogP contribution is -2.60. The lowest BCUT2D eigenvalue weighted by Gasteiger charge is -2.30. The summed E-state index contributed by atoms with van der Waals surface area (Å²) in [6.45, 7) is 1.24. The van der Waals surface area contributed by atoms with Crippen LogP contribution in [0.3, 0.4) is 0 Å². The number of imidazole rings is 1. The molecule has 0 spiro atoms. The van der Waals surface area contributed by atoms with Crippen LogP contribution >= 0.6 is 0 Å². The van der Waals surface area contributed by atoms with Crippen LogP contribution in [0, 0.1) is 5.41 Å². The van der Waals surface area contributed by atoms with E-state index in [-0.39, 0.29) is 77.1 Å². The molecule has 1 aliphatic heterocycles. The second-order valence-corrected chi connectivity index (χ2v) is 17.1. The van der Waals surface area contributed by atoms with Gasteiger partial charge in [-0.2, -0.15) is 0 Å². The molecule has 1 aromatic heterocycles. The summed E-state index contributed by atoms with van der Waals surface area (Å²) in [4.78, 5) is 128. The van der Waals surface area contributed by atoms with Crippen LogP contribution in [0.4, 0.5) is 0 Å². The second kappa shape index (κ2) is 33.0. The maximum Gasteiger partial charge on any atom is 0.352 e. The molecule has 29 heteroatoms. The Bertz CT molecular complexity index is 1990. The number of hydrogen-bond acceptors (Lipinski definition) is 17. The fraction of sp³-hybridized carbons (Fsp3) is 0.651. The monoisotopic (exact) mass is 1020 g/mol. The number of likely N-dealkylation sites (tertiary alicyclic amines) is 1. The SMILES string of the molecule is C[C@H](NC(=O)[C@@H](NC(=O)C(N)CCCCN)[C@@H](O)CN)C(=O)NCC(=O)N[C@H](CCCN)C(=O)N1CCC[C@H]1C(=O)N[C@@H](Cc1cnc[nH]1)C(=O)N[C@@H](CCCCN)C(=O)N/C(=C\CCNC(=N)N)C(=O)O. The summed E-state index contributed by atoms with van der Waals surface area (Å²) >= 11 is 0. The van der Waals surface area contributed by atoms with Crippen LogP contribution in [0.5, 0.6) is 0 Å². The van der Waals surface area contributed by atoms with Crippen molar-refractivity contribution in [3.63, 3.8) is 0 Å². The molecule has 1 aromatic rings. The van der Waals surface area contributed by atoms with Gasteiger partial charge in [0.05, 0.1) is 25.0 Å². The third kappa shape index (κ3) is 21.7. The van der Waals surface area contributed by atoms with E-state index in [9.17, 15) is 53.4 Å². The minimum atomic E-state index is -1.56. The quantitative estimate of drug-likeness (QED) is 0.0132. The van der Waals surface area contributed by atoms with Crippen molar-refractivity contribution in [2.24, 2.45) is 34.4 Å². The average Bonchev–Trinajstić information content (AvgIpc) is 4.06. The first-order chi connectivity index (χ1) is 34.3. The van der Waals surface area contributed by atoms with Gasteiger partial charge in [-0.05, 0) is 90.8 Å². The predicted octanol–water partition coefficient (Wildman–Crippen LogP) is -6.90. The Morgan fingerprint density at radius 1 is 0.819 bits per heavy atom. The van der Waals surface area contributed by atoms with Crippen molar-refractivity contribution in [2.45, 2.75) is 132 Å². The highest BCUT2D eigenvalue weighted by Gasteiger charge is 2.40. The number of carbonyl (C=O) groups excluding carboxylic acids is 8. The highest BCUT2D eigenvalue weighted by Crippen LogP contribution is 2.20. The maximum atomic E-state index is 14.1. The zero-order valence-corrected chi connectivity index (χ0v) is 40.7. The molecule has 8 atom stereocenters. The van der Waals surface area contributed by atoms with E-state index < -0.39 is 120 Å². The number of H-pyrrole nitrogens is 1. The Balaban J connectivity index is 2.19. The van der Waals surface area contributed by atoms with Crippen LogP contribution < -0.4 is 76.9 Å². The Hall–Kier alpha value is -6.79. The number of unbranched alkanes of at least 4 members (excludes halogenated alkanes) is 2. The molecule has 2 heterocycles. The molecule has 1 saturated heterocycles. The van der Waals surface area contributed by atoms with Crippen LogP contribution in [0.25, 0.3) is 0 Å². The highest BCUT2D eigenvalue weighted by atomic mass is 16.4. The van der Waals surface area contributed by atoms with Gasteiger partial charge >= 0.3 is 5.97 Å². The number of carboxylic acid groups (broad SMARTS) is 1. The van der Waals surface area contributed by atoms with Crippen molar-refractivity contribution < 1.29 is 53.4 Å². The van der Waals surface area contributed by atoms with E-state index in [1.54, 1.807) is 0 Å². The molecule has 1 unspecified atom stereocenters. The van der Waals surface area contributed by atoms with Crippen molar-refractivity contribution in [2.75, 3.05) is 45.8 Å². The zero-order valence-electron chi connectivity index (χ0n) is 40.7. The minimum Gasteiger partial charge on any atom is -0.477 e. The van der Waals surface area contributed by atoms with Gasteiger partial charge < -0.3 is 97.0 Å². The number of nitrogens with two attached hydrogens (primary N) is 6. The number of aliphatic hydroxyl groups is 1. The Morgan fingerprint density at radius 2 is 1.49 bits per heavy atom. The first kappa shape index (κ1) is 61.3. The fourth-order valence-corrected chi connectivity index (χ4v) is 7.35. The van der Waals surface area contributed by atoms with E-state index >= 15 is 0 Å². The van der Waals surface area contributed by atoms with Crippen molar-refractivity contribution >= 4 is 59.2 Å². The van der Waals surface area contributed by atoms with Crippen molar-refractivity contribution in [1.29, 1.82) is 5.41 Å². The first-order valence-electron chi connectivity index (χ1n) is 23.9. The van der Waals surface area contributed by atoms with Gasteiger partial charge in [0.1, 0.15) is 41.9 Å². The standard InChI is InChI=1S/C43H76N18O11/c1-24(55-40(69)34(32(62)20-47)60-36(65)26(48)9-2-4-14-44)35(64)53-22-33(63)56-28(11-6-16-46)41(70)61-18-8-13-31(61)39(68)59-30(19-25-21-51-23-54-25)38(67)57-27(10-3-5-15-45)37(66)58-29(42(71)72)12-7-17-52-43(49)50/h12,21,23-24,26-28,30-32,34,62H,2-11,13-20,22,44-48H2,1H3,(H,51,54)(H,53,64)(H,55,69)(H,56,63)(H,57,67)(H,58,66)(H,59,68)(H,60,65)(H,71,72)(H4,49,50,52)/b29-12-/t24-,26?,27-,28+,30-,31-,32-,34-/m0/s1. The van der Waals surface area contributed by atoms with Crippen molar-refractivity contribution in [3.05, 3.63) is 30.0 Å². The summed E-state index contributed by atoms with van der Waals surface area (Å²) < 4.78 is 0. The van der Waals surface area contributed by atoms with Crippen LogP contribution in [-0.2, 0) is 49.6 Å². The van der Waals surface area contributed by atoms with Crippen LogP contribution in [0.1, 0.15) is 83.2 Å². The highest BCUT2D eigenvalue weighted by molar-refractivity contribution is 5.99. The number of amides is 8. The summed E-state index contributed by atoms with van der Waals surface area (Å²) in [5.41, 5.74) is 33.6. The number of hydrogen-bond donors (Lipinski definition) is 18. The van der Waals surface area contributed by atoms with Crippen LogP contribution in [-0.4, -0.2) is 178 Å². The topological polar surface area (TPSA) is 502 Å². The molecular weight excluding hydrogens is 945 g/mol. The van der Waals surface area contributed by atoms with E-state index in [4.69, 9.17) is 39.8 Å². The first-order valence-corrected chi connectivity index (χ1v) is 23.9. The predicted molar refractivity (Wildman–Crippen MR) is 261 cm³/mol. The van der Waals surface area contributed by atoms with Gasteiger partial charge in [-0.25, -0.2) is 9.78 Å². The normalized spacial score (nSPS) is 16.3. The summed E-state index contributed by atoms with van der Waals surface area (Å²) in [5, 5.41) is 47.3. The molecule has 404 valence electrons. The lowest BCUT2D eigenvalue weighted by molar-refractivity contribution is -0.142. The van der Waals surface area contributed by atoms with Crippen molar-refractivity contribution in [3.8, 4) is 0 Å². The molecule has 0 aromatic carbocycles. The van der Waals surface area contributed by atoms with Gasteiger partial charge in [-0.3, -0.25) is 43.8 Å². The molecular formula is C43H76N18O11. The van der Waals surface area contributed by atoms with Gasteiger partial charge in [-0.1, -0.05) is 12.5 Å². The third-order valence-corrected chi connectivity index (χ3v) is 11.3.